The number of likely N-dealkylation sites (N-methyl/N-ethyl adjacent to an activating group) is 1. The fourth-order valence-electron chi connectivity index (χ4n) is 2.42. The molecule has 0 aromatic carbocycles. The van der Waals surface area contributed by atoms with Crippen LogP contribution in [0.5, 0.6) is 0 Å². The van der Waals surface area contributed by atoms with Gasteiger partial charge < -0.3 is 4.90 Å². The van der Waals surface area contributed by atoms with Crippen molar-refractivity contribution in [2.75, 3.05) is 31.8 Å². The van der Waals surface area contributed by atoms with Crippen LogP contribution in [0.1, 0.15) is 26.7 Å². The van der Waals surface area contributed by atoms with Crippen LogP contribution >= 0.6 is 11.8 Å². The third-order valence-electron chi connectivity index (χ3n) is 3.90. The molecular formula is C12H23N3O3S2. The van der Waals surface area contributed by atoms with Crippen molar-refractivity contribution in [3.05, 3.63) is 0 Å². The zero-order chi connectivity index (χ0) is 14.9. The smallest absolute Gasteiger partial charge is 0.283 e. The molecule has 8 heteroatoms. The zero-order valence-corrected chi connectivity index (χ0v) is 13.9. The van der Waals surface area contributed by atoms with Crippen molar-refractivity contribution in [3.8, 4) is 0 Å². The van der Waals surface area contributed by atoms with Crippen LogP contribution in [0.15, 0.2) is 0 Å². The second-order valence-electron chi connectivity index (χ2n) is 5.18. The summed E-state index contributed by atoms with van der Waals surface area (Å²) in [5, 5.41) is 0. The predicted octanol–water partition coefficient (Wildman–Crippen LogP) is 0.569. The average molecular weight is 321 g/mol. The minimum atomic E-state index is -3.54. The van der Waals surface area contributed by atoms with Crippen LogP contribution < -0.4 is 0 Å². The van der Waals surface area contributed by atoms with Gasteiger partial charge in [0.2, 0.25) is 5.91 Å². The Hall–Kier alpha value is -0.310. The standard InChI is InChI=1S/C12H23N3O3S2/c1-4-14(5-2)20(17,18)15-9-19-8-11(15)12(16)13(3)10-6-7-10/h10-11H,4-9H2,1-3H3. The number of rotatable bonds is 6. The summed E-state index contributed by atoms with van der Waals surface area (Å²) >= 11 is 1.51. The highest BCUT2D eigenvalue weighted by atomic mass is 32.2. The molecule has 1 unspecified atom stereocenters. The lowest BCUT2D eigenvalue weighted by Crippen LogP contribution is -2.52. The van der Waals surface area contributed by atoms with Crippen molar-refractivity contribution >= 4 is 27.9 Å². The summed E-state index contributed by atoms with van der Waals surface area (Å²) in [6.45, 7) is 4.49. The van der Waals surface area contributed by atoms with Crippen molar-refractivity contribution in [1.82, 2.24) is 13.5 Å². The molecule has 2 aliphatic rings. The number of nitrogens with zero attached hydrogens (tertiary/aromatic N) is 3. The summed E-state index contributed by atoms with van der Waals surface area (Å²) in [6.07, 6.45) is 2.07. The maximum absolute atomic E-state index is 12.6. The number of carbonyl (C=O) groups is 1. The monoisotopic (exact) mass is 321 g/mol. The first kappa shape index (κ1) is 16.1. The minimum absolute atomic E-state index is 0.0618. The van der Waals surface area contributed by atoms with E-state index in [1.165, 1.54) is 20.4 Å². The first-order chi connectivity index (χ1) is 9.43. The van der Waals surface area contributed by atoms with Crippen LogP contribution in [-0.4, -0.2) is 71.7 Å². The summed E-state index contributed by atoms with van der Waals surface area (Å²) in [7, 11) is -1.75. The first-order valence-corrected chi connectivity index (χ1v) is 9.60. The molecule has 1 saturated carbocycles. The van der Waals surface area contributed by atoms with Gasteiger partial charge >= 0.3 is 0 Å². The quantitative estimate of drug-likeness (QED) is 0.717. The molecule has 20 heavy (non-hydrogen) atoms. The van der Waals surface area contributed by atoms with Crippen LogP contribution in [0.4, 0.5) is 0 Å². The van der Waals surface area contributed by atoms with E-state index in [9.17, 15) is 13.2 Å². The zero-order valence-electron chi connectivity index (χ0n) is 12.3. The molecule has 1 saturated heterocycles. The molecule has 0 aromatic rings. The molecular weight excluding hydrogens is 298 g/mol. The highest BCUT2D eigenvalue weighted by Gasteiger charge is 2.44. The molecule has 1 heterocycles. The Morgan fingerprint density at radius 3 is 2.40 bits per heavy atom. The lowest BCUT2D eigenvalue weighted by Gasteiger charge is -2.30. The number of amides is 1. The molecule has 1 aliphatic heterocycles. The Morgan fingerprint density at radius 2 is 1.90 bits per heavy atom. The van der Waals surface area contributed by atoms with E-state index in [0.29, 0.717) is 30.8 Å². The van der Waals surface area contributed by atoms with Gasteiger partial charge in [-0.25, -0.2) is 0 Å². The molecule has 6 nitrogen and oxygen atoms in total. The van der Waals surface area contributed by atoms with Crippen molar-refractivity contribution in [2.24, 2.45) is 0 Å². The Bertz CT molecular complexity index is 461. The molecule has 0 N–H and O–H groups in total. The number of thioether (sulfide) groups is 1. The maximum Gasteiger partial charge on any atom is 0.283 e. The molecule has 1 atom stereocenters. The van der Waals surface area contributed by atoms with Gasteiger partial charge in [0.1, 0.15) is 6.04 Å². The van der Waals surface area contributed by atoms with Gasteiger partial charge in [0.05, 0.1) is 5.88 Å². The van der Waals surface area contributed by atoms with Gasteiger partial charge in [-0.1, -0.05) is 13.8 Å². The van der Waals surface area contributed by atoms with Gasteiger partial charge in [-0.15, -0.1) is 11.8 Å². The Labute approximate surface area is 125 Å². The Morgan fingerprint density at radius 1 is 1.30 bits per heavy atom. The fourth-order valence-corrected chi connectivity index (χ4v) is 5.72. The molecule has 1 aliphatic carbocycles. The van der Waals surface area contributed by atoms with Crippen molar-refractivity contribution in [3.63, 3.8) is 0 Å². The third kappa shape index (κ3) is 2.98. The highest BCUT2D eigenvalue weighted by Crippen LogP contribution is 2.31. The molecule has 0 spiro atoms. The SMILES string of the molecule is CCN(CC)S(=O)(=O)N1CSCC1C(=O)N(C)C1CC1. The van der Waals surface area contributed by atoms with Gasteiger partial charge in [0, 0.05) is 31.9 Å². The van der Waals surface area contributed by atoms with Crippen LogP contribution in [0.25, 0.3) is 0 Å². The van der Waals surface area contributed by atoms with E-state index in [2.05, 4.69) is 0 Å². The summed E-state index contributed by atoms with van der Waals surface area (Å²) in [6, 6.07) is -0.234. The van der Waals surface area contributed by atoms with E-state index < -0.39 is 16.3 Å². The van der Waals surface area contributed by atoms with Crippen LogP contribution in [0.3, 0.4) is 0 Å². The van der Waals surface area contributed by atoms with Crippen LogP contribution in [-0.2, 0) is 15.0 Å². The summed E-state index contributed by atoms with van der Waals surface area (Å²) in [5.74, 6) is 0.859. The molecule has 1 amide bonds. The molecule has 0 bridgehead atoms. The summed E-state index contributed by atoms with van der Waals surface area (Å²) in [5.41, 5.74) is 0. The lowest BCUT2D eigenvalue weighted by molar-refractivity contribution is -0.133. The molecule has 2 fully saturated rings. The maximum atomic E-state index is 12.6. The van der Waals surface area contributed by atoms with Gasteiger partial charge in [-0.2, -0.15) is 17.0 Å². The minimum Gasteiger partial charge on any atom is -0.341 e. The topological polar surface area (TPSA) is 60.9 Å². The molecule has 2 rings (SSSR count). The van der Waals surface area contributed by atoms with Gasteiger partial charge in [0.25, 0.3) is 10.2 Å². The molecule has 0 aromatic heterocycles. The van der Waals surface area contributed by atoms with E-state index in [0.717, 1.165) is 12.8 Å². The Balaban J connectivity index is 2.16. The Kier molecular flexibility index (Phi) is 4.99. The highest BCUT2D eigenvalue weighted by molar-refractivity contribution is 8.00. The third-order valence-corrected chi connectivity index (χ3v) is 7.22. The van der Waals surface area contributed by atoms with E-state index in [-0.39, 0.29) is 5.91 Å². The number of carbonyl (C=O) groups excluding carboxylic acids is 1. The molecule has 116 valence electrons. The summed E-state index contributed by atoms with van der Waals surface area (Å²) < 4.78 is 28.0. The van der Waals surface area contributed by atoms with Crippen LogP contribution in [0.2, 0.25) is 0 Å². The van der Waals surface area contributed by atoms with Gasteiger partial charge in [-0.3, -0.25) is 4.79 Å². The number of hydrogen-bond donors (Lipinski definition) is 0. The lowest BCUT2D eigenvalue weighted by atomic mass is 10.3. The van der Waals surface area contributed by atoms with Gasteiger partial charge in [-0.05, 0) is 12.8 Å². The number of hydrogen-bond acceptors (Lipinski definition) is 4. The van der Waals surface area contributed by atoms with E-state index in [4.69, 9.17) is 0 Å². The fraction of sp³-hybridized carbons (Fsp3) is 0.917. The normalized spacial score (nSPS) is 24.3. The van der Waals surface area contributed by atoms with Crippen molar-refractivity contribution in [1.29, 1.82) is 0 Å². The second-order valence-corrected chi connectivity index (χ2v) is 8.06. The molecule has 0 radical (unpaired) electrons. The van der Waals surface area contributed by atoms with Gasteiger partial charge in [0.15, 0.2) is 0 Å². The van der Waals surface area contributed by atoms with E-state index in [1.807, 2.05) is 13.8 Å². The van der Waals surface area contributed by atoms with E-state index >= 15 is 0 Å². The largest absolute Gasteiger partial charge is 0.341 e. The first-order valence-electron chi connectivity index (χ1n) is 7.04. The summed E-state index contributed by atoms with van der Waals surface area (Å²) in [4.78, 5) is 14.2. The van der Waals surface area contributed by atoms with Crippen molar-refractivity contribution < 1.29 is 13.2 Å². The van der Waals surface area contributed by atoms with E-state index in [1.54, 1.807) is 11.9 Å². The average Bonchev–Trinajstić information content (AvgIpc) is 3.14. The van der Waals surface area contributed by atoms with Crippen LogP contribution in [0, 0.1) is 0 Å². The van der Waals surface area contributed by atoms with Crippen molar-refractivity contribution in [2.45, 2.75) is 38.8 Å². The predicted molar refractivity (Wildman–Crippen MR) is 80.6 cm³/mol. The second kappa shape index (κ2) is 6.21.